The van der Waals surface area contributed by atoms with Crippen molar-refractivity contribution in [3.8, 4) is 0 Å². The molecule has 4 atom stereocenters. The summed E-state index contributed by atoms with van der Waals surface area (Å²) in [4.78, 5) is 58.6. The Morgan fingerprint density at radius 3 is 2.24 bits per heavy atom. The van der Waals surface area contributed by atoms with Crippen molar-refractivity contribution in [2.24, 2.45) is 23.5 Å². The summed E-state index contributed by atoms with van der Waals surface area (Å²) in [6.07, 6.45) is 3.01. The van der Waals surface area contributed by atoms with E-state index in [1.165, 1.54) is 13.0 Å². The minimum atomic E-state index is -1.24. The Kier molecular flexibility index (Phi) is 16.7. The number of amides is 2. The van der Waals surface area contributed by atoms with Gasteiger partial charge in [-0.3, -0.25) is 19.2 Å². The second-order valence-electron chi connectivity index (χ2n) is 10.7. The molecule has 2 amide bonds. The highest BCUT2D eigenvalue weighted by Crippen LogP contribution is 2.17. The van der Waals surface area contributed by atoms with E-state index in [1.54, 1.807) is 6.08 Å². The topological polar surface area (TPSA) is 194 Å². The van der Waals surface area contributed by atoms with Crippen LogP contribution in [-0.2, 0) is 46.5 Å². The van der Waals surface area contributed by atoms with Gasteiger partial charge in [0.15, 0.2) is 6.10 Å². The van der Waals surface area contributed by atoms with Gasteiger partial charge in [0.05, 0.1) is 25.1 Å². The van der Waals surface area contributed by atoms with Gasteiger partial charge in [-0.2, -0.15) is 0 Å². The minimum Gasteiger partial charge on any atom is -0.479 e. The van der Waals surface area contributed by atoms with E-state index in [0.717, 1.165) is 11.1 Å². The average molecular weight is 592 g/mol. The number of allylic oxidation sites excluding steroid dienone is 1. The van der Waals surface area contributed by atoms with Crippen LogP contribution in [0, 0.1) is 17.8 Å². The Morgan fingerprint density at radius 2 is 1.64 bits per heavy atom. The summed E-state index contributed by atoms with van der Waals surface area (Å²) in [6, 6.07) is 7.41. The molecule has 234 valence electrons. The van der Waals surface area contributed by atoms with Crippen molar-refractivity contribution in [1.82, 2.24) is 10.6 Å². The van der Waals surface area contributed by atoms with Gasteiger partial charge in [-0.15, -0.1) is 0 Å². The molecule has 1 aromatic rings. The van der Waals surface area contributed by atoms with E-state index in [2.05, 4.69) is 10.6 Å². The van der Waals surface area contributed by atoms with E-state index < -0.39 is 47.8 Å². The smallest absolute Gasteiger partial charge is 0.345 e. The van der Waals surface area contributed by atoms with Gasteiger partial charge in [0.25, 0.3) is 0 Å². The number of nitrogens with two attached hydrogens (primary N) is 1. The number of aliphatic hydroxyl groups excluding tert-OH is 1. The molecular formula is C30H45N3O9. The van der Waals surface area contributed by atoms with Crippen LogP contribution in [0.3, 0.4) is 0 Å². The van der Waals surface area contributed by atoms with E-state index in [0.29, 0.717) is 19.3 Å². The molecule has 12 nitrogen and oxygen atoms in total. The van der Waals surface area contributed by atoms with Gasteiger partial charge in [-0.05, 0) is 54.7 Å². The third-order valence-corrected chi connectivity index (χ3v) is 6.40. The zero-order valence-electron chi connectivity index (χ0n) is 24.8. The maximum atomic E-state index is 12.2. The van der Waals surface area contributed by atoms with E-state index in [1.807, 2.05) is 45.0 Å². The molecule has 0 radical (unpaired) electrons. The lowest BCUT2D eigenvalue weighted by Gasteiger charge is -2.18. The quantitative estimate of drug-likeness (QED) is 0.116. The number of carbonyl (C=O) groups excluding carboxylic acids is 4. The Labute approximate surface area is 247 Å². The van der Waals surface area contributed by atoms with Gasteiger partial charge in [0, 0.05) is 6.54 Å². The number of aliphatic carboxylic acids is 1. The highest BCUT2D eigenvalue weighted by molar-refractivity contribution is 5.91. The van der Waals surface area contributed by atoms with Crippen LogP contribution in [0.2, 0.25) is 0 Å². The van der Waals surface area contributed by atoms with E-state index >= 15 is 0 Å². The molecule has 6 N–H and O–H groups in total. The Hall–Kier alpha value is -3.77. The fourth-order valence-electron chi connectivity index (χ4n) is 3.70. The van der Waals surface area contributed by atoms with Crippen LogP contribution in [0.25, 0.3) is 0 Å². The van der Waals surface area contributed by atoms with Gasteiger partial charge < -0.3 is 36.1 Å². The van der Waals surface area contributed by atoms with Gasteiger partial charge >= 0.3 is 17.9 Å². The number of aliphatic hydroxyl groups is 1. The summed E-state index contributed by atoms with van der Waals surface area (Å²) in [5, 5.41) is 24.7. The molecule has 1 aromatic carbocycles. The maximum Gasteiger partial charge on any atom is 0.345 e. The fraction of sp³-hybridized carbons (Fsp3) is 0.567. The SMILES string of the molecule is CC(C)CC(OC(=O)C(C)CNC(=O)CNC(=O)/C=C/CCC(C)C(O)Cc1ccc(COC(=O)CN)cc1)C(=O)O. The monoisotopic (exact) mass is 591 g/mol. The first-order valence-corrected chi connectivity index (χ1v) is 14.1. The number of nitrogens with one attached hydrogen (secondary N) is 2. The van der Waals surface area contributed by atoms with Crippen molar-refractivity contribution >= 4 is 29.7 Å². The zero-order chi connectivity index (χ0) is 31.7. The summed E-state index contributed by atoms with van der Waals surface area (Å²) >= 11 is 0. The normalized spacial score (nSPS) is 14.1. The molecule has 0 aromatic heterocycles. The van der Waals surface area contributed by atoms with E-state index in [-0.39, 0.29) is 44.5 Å². The molecular weight excluding hydrogens is 546 g/mol. The molecule has 0 aliphatic carbocycles. The van der Waals surface area contributed by atoms with Crippen LogP contribution in [0.1, 0.15) is 58.1 Å². The predicted octanol–water partition coefficient (Wildman–Crippen LogP) is 1.48. The molecule has 0 bridgehead atoms. The minimum absolute atomic E-state index is 0.0278. The standard InChI is InChI=1S/C30H45N3O9/c1-19(2)13-25(29(38)39)42-30(40)21(4)16-32-27(36)17-33-26(35)8-6-5-7-20(3)24(34)14-22-9-11-23(12-10-22)18-41-28(37)15-31/h6,8-12,19-21,24-25,34H,5,7,13-18,31H2,1-4H3,(H,32,36)(H,33,35)(H,38,39)/b8-6+. The summed E-state index contributed by atoms with van der Waals surface area (Å²) < 4.78 is 10.0. The van der Waals surface area contributed by atoms with Crippen molar-refractivity contribution in [3.63, 3.8) is 0 Å². The van der Waals surface area contributed by atoms with Crippen molar-refractivity contribution in [2.75, 3.05) is 19.6 Å². The van der Waals surface area contributed by atoms with Crippen molar-refractivity contribution < 1.29 is 43.7 Å². The van der Waals surface area contributed by atoms with Crippen LogP contribution in [0.5, 0.6) is 0 Å². The number of benzene rings is 1. The highest BCUT2D eigenvalue weighted by Gasteiger charge is 2.26. The molecule has 0 aliphatic rings. The van der Waals surface area contributed by atoms with Gasteiger partial charge in [0.2, 0.25) is 11.8 Å². The number of hydrogen-bond acceptors (Lipinski definition) is 9. The molecule has 1 rings (SSSR count). The summed E-state index contributed by atoms with van der Waals surface area (Å²) in [5.41, 5.74) is 6.98. The molecule has 0 saturated heterocycles. The third-order valence-electron chi connectivity index (χ3n) is 6.40. The molecule has 4 unspecified atom stereocenters. The molecule has 42 heavy (non-hydrogen) atoms. The van der Waals surface area contributed by atoms with E-state index in [9.17, 15) is 34.2 Å². The molecule has 0 saturated carbocycles. The number of hydrogen-bond donors (Lipinski definition) is 5. The number of ether oxygens (including phenoxy) is 2. The summed E-state index contributed by atoms with van der Waals surface area (Å²) in [7, 11) is 0. The fourth-order valence-corrected chi connectivity index (χ4v) is 3.70. The van der Waals surface area contributed by atoms with Crippen molar-refractivity contribution in [1.29, 1.82) is 0 Å². The largest absolute Gasteiger partial charge is 0.479 e. The first kappa shape index (κ1) is 36.3. The summed E-state index contributed by atoms with van der Waals surface area (Å²) in [5.74, 6) is -4.14. The van der Waals surface area contributed by atoms with Crippen molar-refractivity contribution in [2.45, 2.75) is 72.2 Å². The predicted molar refractivity (Wildman–Crippen MR) is 155 cm³/mol. The molecule has 0 spiro atoms. The van der Waals surface area contributed by atoms with Crippen molar-refractivity contribution in [3.05, 3.63) is 47.5 Å². The number of carboxylic acid groups (broad SMARTS) is 1. The lowest BCUT2D eigenvalue weighted by atomic mass is 9.93. The lowest BCUT2D eigenvalue weighted by Crippen LogP contribution is -2.40. The number of esters is 2. The van der Waals surface area contributed by atoms with Crippen LogP contribution in [0.4, 0.5) is 0 Å². The highest BCUT2D eigenvalue weighted by atomic mass is 16.6. The second kappa shape index (κ2) is 19.4. The molecule has 12 heteroatoms. The maximum absolute atomic E-state index is 12.2. The average Bonchev–Trinajstić information content (AvgIpc) is 2.95. The van der Waals surface area contributed by atoms with Crippen LogP contribution >= 0.6 is 0 Å². The first-order valence-electron chi connectivity index (χ1n) is 14.1. The molecule has 0 fully saturated rings. The summed E-state index contributed by atoms with van der Waals surface area (Å²) in [6.45, 7) is 6.69. The Bertz CT molecular complexity index is 1060. The first-order chi connectivity index (χ1) is 19.8. The van der Waals surface area contributed by atoms with Gasteiger partial charge in [-0.1, -0.05) is 58.0 Å². The van der Waals surface area contributed by atoms with Crippen LogP contribution in [0.15, 0.2) is 36.4 Å². The lowest BCUT2D eigenvalue weighted by molar-refractivity contribution is -0.167. The van der Waals surface area contributed by atoms with Gasteiger partial charge in [0.1, 0.15) is 6.61 Å². The van der Waals surface area contributed by atoms with Crippen LogP contribution < -0.4 is 16.4 Å². The number of rotatable bonds is 19. The number of carboxylic acids is 1. The van der Waals surface area contributed by atoms with Gasteiger partial charge in [-0.25, -0.2) is 4.79 Å². The number of carbonyl (C=O) groups is 5. The van der Waals surface area contributed by atoms with E-state index in [4.69, 9.17) is 15.2 Å². The second-order valence-corrected chi connectivity index (χ2v) is 10.7. The Morgan fingerprint density at radius 1 is 1.00 bits per heavy atom. The zero-order valence-corrected chi connectivity index (χ0v) is 24.8. The molecule has 0 heterocycles. The van der Waals surface area contributed by atoms with Crippen LogP contribution in [-0.4, -0.2) is 71.8 Å². The third kappa shape index (κ3) is 15.3. The Balaban J connectivity index is 2.31. The molecule has 0 aliphatic heterocycles.